The van der Waals surface area contributed by atoms with Gasteiger partial charge in [0.2, 0.25) is 0 Å². The molecule has 160 valence electrons. The zero-order chi connectivity index (χ0) is 22.7. The van der Waals surface area contributed by atoms with Crippen LogP contribution in [-0.2, 0) is 0 Å². The lowest BCUT2D eigenvalue weighted by Gasteiger charge is -2.10. The summed E-state index contributed by atoms with van der Waals surface area (Å²) in [6.45, 7) is 0. The molecule has 32 heavy (non-hydrogen) atoms. The Morgan fingerprint density at radius 2 is 1.50 bits per heavy atom. The van der Waals surface area contributed by atoms with E-state index >= 15 is 0 Å². The minimum absolute atomic E-state index is 0.197. The van der Waals surface area contributed by atoms with E-state index in [9.17, 15) is 9.59 Å². The number of carbonyl (C=O) groups excluding carboxylic acids is 2. The average molecular weight is 491 g/mol. The number of nitrogens with zero attached hydrogens (tertiary/aromatic N) is 1. The van der Waals surface area contributed by atoms with Gasteiger partial charge in [-0.1, -0.05) is 34.1 Å². The standard InChI is InChI=1S/C25H19BrN2O4/c1-31-18-12-17(13-19(14-18)32-2)24(29)15-5-7-16(8-6-15)25(30)28-22-10-9-21(26)20-4-3-11-27-23(20)22/h3-14H,1-2H3,(H,28,30). The summed E-state index contributed by atoms with van der Waals surface area (Å²) < 4.78 is 11.4. The van der Waals surface area contributed by atoms with Crippen LogP contribution in [0, 0.1) is 0 Å². The normalized spacial score (nSPS) is 10.6. The van der Waals surface area contributed by atoms with E-state index in [2.05, 4.69) is 26.2 Å². The van der Waals surface area contributed by atoms with Crippen molar-refractivity contribution in [3.05, 3.63) is 94.1 Å². The molecule has 0 aliphatic heterocycles. The maximum absolute atomic E-state index is 12.9. The van der Waals surface area contributed by atoms with E-state index in [1.165, 1.54) is 14.2 Å². The second kappa shape index (κ2) is 9.20. The van der Waals surface area contributed by atoms with E-state index in [4.69, 9.17) is 9.47 Å². The molecule has 0 radical (unpaired) electrons. The minimum atomic E-state index is -0.290. The Bertz CT molecular complexity index is 1300. The first kappa shape index (κ1) is 21.5. The molecule has 1 aromatic heterocycles. The van der Waals surface area contributed by atoms with Crippen LogP contribution in [0.15, 0.2) is 77.4 Å². The average Bonchev–Trinajstić information content (AvgIpc) is 2.85. The Kier molecular flexibility index (Phi) is 6.18. The van der Waals surface area contributed by atoms with Crippen molar-refractivity contribution >= 4 is 44.2 Å². The van der Waals surface area contributed by atoms with Crippen molar-refractivity contribution in [2.24, 2.45) is 0 Å². The topological polar surface area (TPSA) is 77.5 Å². The van der Waals surface area contributed by atoms with Crippen LogP contribution in [0.3, 0.4) is 0 Å². The number of rotatable bonds is 6. The predicted molar refractivity (Wildman–Crippen MR) is 127 cm³/mol. The molecule has 4 rings (SSSR count). The highest BCUT2D eigenvalue weighted by Crippen LogP contribution is 2.29. The van der Waals surface area contributed by atoms with Crippen LogP contribution in [0.2, 0.25) is 0 Å². The van der Waals surface area contributed by atoms with Crippen LogP contribution in [-0.4, -0.2) is 30.9 Å². The Balaban J connectivity index is 1.56. The van der Waals surface area contributed by atoms with E-state index in [0.717, 1.165) is 9.86 Å². The number of ketones is 1. The largest absolute Gasteiger partial charge is 0.497 e. The first-order valence-electron chi connectivity index (χ1n) is 9.72. The number of benzene rings is 3. The lowest BCUT2D eigenvalue weighted by atomic mass is 10.0. The maximum Gasteiger partial charge on any atom is 0.255 e. The van der Waals surface area contributed by atoms with Gasteiger partial charge in [-0.2, -0.15) is 0 Å². The molecule has 6 nitrogen and oxygen atoms in total. The number of hydrogen-bond acceptors (Lipinski definition) is 5. The summed E-state index contributed by atoms with van der Waals surface area (Å²) >= 11 is 3.50. The van der Waals surface area contributed by atoms with Crippen LogP contribution in [0.5, 0.6) is 11.5 Å². The van der Waals surface area contributed by atoms with Crippen LogP contribution in [0.25, 0.3) is 10.9 Å². The first-order chi connectivity index (χ1) is 15.5. The van der Waals surface area contributed by atoms with Gasteiger partial charge in [0.1, 0.15) is 11.5 Å². The van der Waals surface area contributed by atoms with Crippen molar-refractivity contribution in [2.45, 2.75) is 0 Å². The summed E-state index contributed by atoms with van der Waals surface area (Å²) in [6.07, 6.45) is 1.68. The Morgan fingerprint density at radius 3 is 2.16 bits per heavy atom. The Morgan fingerprint density at radius 1 is 0.844 bits per heavy atom. The SMILES string of the molecule is COc1cc(OC)cc(C(=O)c2ccc(C(=O)Nc3ccc(Br)c4cccnc34)cc2)c1. The summed E-state index contributed by atoms with van der Waals surface area (Å²) in [7, 11) is 3.06. The second-order valence-electron chi connectivity index (χ2n) is 6.96. The molecule has 0 bridgehead atoms. The zero-order valence-corrected chi connectivity index (χ0v) is 19.0. The third-order valence-corrected chi connectivity index (χ3v) is 5.68. The molecule has 0 fully saturated rings. The van der Waals surface area contributed by atoms with Crippen molar-refractivity contribution in [1.82, 2.24) is 4.98 Å². The van der Waals surface area contributed by atoms with Gasteiger partial charge in [0.15, 0.2) is 5.78 Å². The third-order valence-electron chi connectivity index (χ3n) is 4.99. The van der Waals surface area contributed by atoms with Crippen LogP contribution in [0.1, 0.15) is 26.3 Å². The first-order valence-corrected chi connectivity index (χ1v) is 10.5. The molecule has 0 atom stereocenters. The highest BCUT2D eigenvalue weighted by Gasteiger charge is 2.15. The number of hydrogen-bond donors (Lipinski definition) is 1. The van der Waals surface area contributed by atoms with Gasteiger partial charge in [0.25, 0.3) is 5.91 Å². The molecule has 3 aromatic carbocycles. The van der Waals surface area contributed by atoms with Gasteiger partial charge in [-0.15, -0.1) is 0 Å². The van der Waals surface area contributed by atoms with Crippen molar-refractivity contribution in [1.29, 1.82) is 0 Å². The van der Waals surface area contributed by atoms with E-state index in [1.807, 2.05) is 18.2 Å². The number of fused-ring (bicyclic) bond motifs is 1. The monoisotopic (exact) mass is 490 g/mol. The second-order valence-corrected chi connectivity index (χ2v) is 7.81. The molecule has 7 heteroatoms. The zero-order valence-electron chi connectivity index (χ0n) is 17.4. The highest BCUT2D eigenvalue weighted by molar-refractivity contribution is 9.10. The smallest absolute Gasteiger partial charge is 0.255 e. The van der Waals surface area contributed by atoms with Crippen molar-refractivity contribution in [3.8, 4) is 11.5 Å². The van der Waals surface area contributed by atoms with Crippen LogP contribution >= 0.6 is 15.9 Å². The third kappa shape index (κ3) is 4.33. The molecule has 1 heterocycles. The molecule has 1 N–H and O–H groups in total. The highest BCUT2D eigenvalue weighted by atomic mass is 79.9. The van der Waals surface area contributed by atoms with Gasteiger partial charge in [-0.25, -0.2) is 0 Å². The summed E-state index contributed by atoms with van der Waals surface area (Å²) in [5.41, 5.74) is 2.61. The number of anilines is 1. The number of carbonyl (C=O) groups is 2. The number of aromatic nitrogens is 1. The number of nitrogens with one attached hydrogen (secondary N) is 1. The number of amides is 1. The van der Waals surface area contributed by atoms with Gasteiger partial charge in [-0.3, -0.25) is 14.6 Å². The fraction of sp³-hybridized carbons (Fsp3) is 0.0800. The summed E-state index contributed by atoms with van der Waals surface area (Å²) in [6, 6.07) is 18.9. The molecule has 0 spiro atoms. The van der Waals surface area contributed by atoms with Gasteiger partial charge in [0, 0.05) is 38.8 Å². The minimum Gasteiger partial charge on any atom is -0.497 e. The number of halogens is 1. The molecule has 0 aliphatic carbocycles. The predicted octanol–water partition coefficient (Wildman–Crippen LogP) is 5.50. The van der Waals surface area contributed by atoms with Gasteiger partial charge in [-0.05, 0) is 42.5 Å². The maximum atomic E-state index is 12.9. The molecule has 0 unspecified atom stereocenters. The van der Waals surface area contributed by atoms with E-state index in [1.54, 1.807) is 54.7 Å². The van der Waals surface area contributed by atoms with E-state index < -0.39 is 0 Å². The van der Waals surface area contributed by atoms with Crippen molar-refractivity contribution in [3.63, 3.8) is 0 Å². The molecule has 0 saturated heterocycles. The van der Waals surface area contributed by atoms with Crippen LogP contribution in [0.4, 0.5) is 5.69 Å². The van der Waals surface area contributed by atoms with Crippen molar-refractivity contribution < 1.29 is 19.1 Å². The molecular formula is C25H19BrN2O4. The van der Waals surface area contributed by atoms with Crippen LogP contribution < -0.4 is 14.8 Å². The van der Waals surface area contributed by atoms with E-state index in [-0.39, 0.29) is 11.7 Å². The molecular weight excluding hydrogens is 472 g/mol. The summed E-state index contributed by atoms with van der Waals surface area (Å²) in [5.74, 6) is 0.566. The lowest BCUT2D eigenvalue weighted by molar-refractivity contribution is 0.102. The van der Waals surface area contributed by atoms with Gasteiger partial charge >= 0.3 is 0 Å². The fourth-order valence-electron chi connectivity index (χ4n) is 3.31. The number of pyridine rings is 1. The molecule has 4 aromatic rings. The fourth-order valence-corrected chi connectivity index (χ4v) is 3.76. The quantitative estimate of drug-likeness (QED) is 0.361. The van der Waals surface area contributed by atoms with Gasteiger partial charge < -0.3 is 14.8 Å². The number of methoxy groups -OCH3 is 2. The lowest BCUT2D eigenvalue weighted by Crippen LogP contribution is -2.13. The summed E-state index contributed by atoms with van der Waals surface area (Å²) in [5, 5.41) is 3.80. The Labute approximate surface area is 193 Å². The molecule has 0 saturated carbocycles. The van der Waals surface area contributed by atoms with Crippen molar-refractivity contribution in [2.75, 3.05) is 19.5 Å². The van der Waals surface area contributed by atoms with Gasteiger partial charge in [0.05, 0.1) is 25.4 Å². The molecule has 1 amide bonds. The number of ether oxygens (including phenoxy) is 2. The Hall–Kier alpha value is -3.71. The summed E-state index contributed by atoms with van der Waals surface area (Å²) in [4.78, 5) is 30.1. The molecule has 0 aliphatic rings. The van der Waals surface area contributed by atoms with E-state index in [0.29, 0.717) is 39.4 Å².